The van der Waals surface area contributed by atoms with E-state index in [-0.39, 0.29) is 23.2 Å². The predicted molar refractivity (Wildman–Crippen MR) is 106 cm³/mol. The van der Waals surface area contributed by atoms with Gasteiger partial charge < -0.3 is 19.7 Å². The maximum absolute atomic E-state index is 12.8. The Hall–Kier alpha value is -2.77. The first-order valence-corrected chi connectivity index (χ1v) is 9.93. The van der Waals surface area contributed by atoms with Crippen molar-refractivity contribution in [2.24, 2.45) is 0 Å². The van der Waals surface area contributed by atoms with E-state index in [2.05, 4.69) is 10.3 Å². The second kappa shape index (κ2) is 8.31. The average molecular weight is 395 g/mol. The van der Waals surface area contributed by atoms with Gasteiger partial charge in [-0.1, -0.05) is 35.9 Å². The quantitative estimate of drug-likeness (QED) is 0.859. The Kier molecular flexibility index (Phi) is 5.60. The topological polar surface area (TPSA) is 80.8 Å². The number of nitrogens with one attached hydrogen (secondary N) is 1. The standard InChI is InChI=1S/C22H25N3O4/c1-16-5-7-17(8-6-16)15-23-20(26)18-3-2-4-19(24-18)21(27)25-11-9-22(10-12-25)28-13-14-29-22/h2-8H,9-15H2,1H3,(H,23,26). The van der Waals surface area contributed by atoms with Gasteiger partial charge in [-0.2, -0.15) is 0 Å². The molecule has 1 N–H and O–H groups in total. The molecular formula is C22H25N3O4. The fourth-order valence-corrected chi connectivity index (χ4v) is 3.66. The first-order valence-electron chi connectivity index (χ1n) is 9.93. The summed E-state index contributed by atoms with van der Waals surface area (Å²) in [5.74, 6) is -1.00. The lowest BCUT2D eigenvalue weighted by Gasteiger charge is -2.37. The minimum absolute atomic E-state index is 0.175. The van der Waals surface area contributed by atoms with Crippen molar-refractivity contribution in [2.75, 3.05) is 26.3 Å². The number of hydrogen-bond donors (Lipinski definition) is 1. The van der Waals surface area contributed by atoms with Crippen LogP contribution in [0.2, 0.25) is 0 Å². The number of piperidine rings is 1. The molecule has 7 heteroatoms. The molecule has 1 spiro atoms. The molecule has 2 aliphatic heterocycles. The van der Waals surface area contributed by atoms with Crippen LogP contribution in [0.15, 0.2) is 42.5 Å². The molecule has 3 heterocycles. The van der Waals surface area contributed by atoms with Crippen molar-refractivity contribution in [2.45, 2.75) is 32.1 Å². The number of nitrogens with zero attached hydrogens (tertiary/aromatic N) is 2. The molecule has 2 aromatic rings. The van der Waals surface area contributed by atoms with Gasteiger partial charge in [-0.15, -0.1) is 0 Å². The minimum Gasteiger partial charge on any atom is -0.347 e. The maximum Gasteiger partial charge on any atom is 0.272 e. The Labute approximate surface area is 170 Å². The summed E-state index contributed by atoms with van der Waals surface area (Å²) in [6.45, 7) is 4.73. The Bertz CT molecular complexity index is 881. The molecular weight excluding hydrogens is 370 g/mol. The van der Waals surface area contributed by atoms with Crippen molar-refractivity contribution in [1.29, 1.82) is 0 Å². The molecule has 0 radical (unpaired) electrons. The monoisotopic (exact) mass is 395 g/mol. The van der Waals surface area contributed by atoms with E-state index in [0.717, 1.165) is 5.56 Å². The third kappa shape index (κ3) is 4.46. The Balaban J connectivity index is 1.37. The molecule has 0 atom stereocenters. The van der Waals surface area contributed by atoms with E-state index in [4.69, 9.17) is 9.47 Å². The number of likely N-dealkylation sites (tertiary alicyclic amines) is 1. The number of aryl methyl sites for hydroxylation is 1. The van der Waals surface area contributed by atoms with Crippen LogP contribution >= 0.6 is 0 Å². The Morgan fingerprint density at radius 3 is 2.38 bits per heavy atom. The summed E-state index contributed by atoms with van der Waals surface area (Å²) >= 11 is 0. The molecule has 1 aromatic carbocycles. The van der Waals surface area contributed by atoms with Crippen LogP contribution in [0.1, 0.15) is 44.9 Å². The van der Waals surface area contributed by atoms with Gasteiger partial charge in [-0.25, -0.2) is 4.98 Å². The number of pyridine rings is 1. The number of hydrogen-bond acceptors (Lipinski definition) is 5. The maximum atomic E-state index is 12.8. The highest BCUT2D eigenvalue weighted by Crippen LogP contribution is 2.31. The summed E-state index contributed by atoms with van der Waals surface area (Å²) in [4.78, 5) is 31.4. The summed E-state index contributed by atoms with van der Waals surface area (Å²) in [5.41, 5.74) is 2.69. The first-order chi connectivity index (χ1) is 14.0. The van der Waals surface area contributed by atoms with Gasteiger partial charge in [0.15, 0.2) is 5.79 Å². The zero-order chi connectivity index (χ0) is 20.3. The number of carbonyl (C=O) groups excluding carboxylic acids is 2. The third-order valence-corrected chi connectivity index (χ3v) is 5.40. The van der Waals surface area contributed by atoms with E-state index in [0.29, 0.717) is 45.7 Å². The average Bonchev–Trinajstić information content (AvgIpc) is 3.21. The zero-order valence-electron chi connectivity index (χ0n) is 16.5. The van der Waals surface area contributed by atoms with Gasteiger partial charge in [0.05, 0.1) is 13.2 Å². The van der Waals surface area contributed by atoms with Crippen molar-refractivity contribution < 1.29 is 19.1 Å². The summed E-state index contributed by atoms with van der Waals surface area (Å²) in [5, 5.41) is 2.85. The van der Waals surface area contributed by atoms with Crippen molar-refractivity contribution in [1.82, 2.24) is 15.2 Å². The van der Waals surface area contributed by atoms with Crippen molar-refractivity contribution in [3.63, 3.8) is 0 Å². The number of aromatic nitrogens is 1. The van der Waals surface area contributed by atoms with Crippen molar-refractivity contribution in [3.8, 4) is 0 Å². The SMILES string of the molecule is Cc1ccc(CNC(=O)c2cccc(C(=O)N3CCC4(CC3)OCCO4)n2)cc1. The molecule has 2 fully saturated rings. The molecule has 4 rings (SSSR count). The van der Waals surface area contributed by atoms with Crippen LogP contribution in [0, 0.1) is 6.92 Å². The normalized spacial score (nSPS) is 18.0. The van der Waals surface area contributed by atoms with Crippen LogP contribution < -0.4 is 5.32 Å². The predicted octanol–water partition coefficient (Wildman–Crippen LogP) is 2.30. The van der Waals surface area contributed by atoms with Gasteiger partial charge in [-0.05, 0) is 24.6 Å². The highest BCUT2D eigenvalue weighted by molar-refractivity contribution is 5.96. The smallest absolute Gasteiger partial charge is 0.272 e. The number of benzene rings is 1. The first kappa shape index (κ1) is 19.5. The third-order valence-electron chi connectivity index (χ3n) is 5.40. The van der Waals surface area contributed by atoms with E-state index in [1.54, 1.807) is 23.1 Å². The number of carbonyl (C=O) groups is 2. The van der Waals surface area contributed by atoms with E-state index in [1.165, 1.54) is 5.56 Å². The number of amides is 2. The lowest BCUT2D eigenvalue weighted by Crippen LogP contribution is -2.47. The van der Waals surface area contributed by atoms with Crippen LogP contribution in [-0.2, 0) is 16.0 Å². The minimum atomic E-state index is -0.526. The number of rotatable bonds is 4. The van der Waals surface area contributed by atoms with Crippen LogP contribution in [0.5, 0.6) is 0 Å². The van der Waals surface area contributed by atoms with Gasteiger partial charge in [0.2, 0.25) is 0 Å². The summed E-state index contributed by atoms with van der Waals surface area (Å²) in [6.07, 6.45) is 1.30. The Morgan fingerprint density at radius 2 is 1.69 bits per heavy atom. The van der Waals surface area contributed by atoms with Crippen molar-refractivity contribution >= 4 is 11.8 Å². The molecule has 0 bridgehead atoms. The van der Waals surface area contributed by atoms with Gasteiger partial charge in [0, 0.05) is 32.5 Å². The Morgan fingerprint density at radius 1 is 1.03 bits per heavy atom. The van der Waals surface area contributed by atoms with Gasteiger partial charge in [-0.3, -0.25) is 9.59 Å². The molecule has 0 unspecified atom stereocenters. The molecule has 29 heavy (non-hydrogen) atoms. The molecule has 2 amide bonds. The highest BCUT2D eigenvalue weighted by Gasteiger charge is 2.41. The molecule has 152 valence electrons. The second-order valence-corrected chi connectivity index (χ2v) is 7.48. The zero-order valence-corrected chi connectivity index (χ0v) is 16.5. The van der Waals surface area contributed by atoms with E-state index in [1.807, 2.05) is 31.2 Å². The van der Waals surface area contributed by atoms with Crippen LogP contribution in [0.4, 0.5) is 0 Å². The summed E-state index contributed by atoms with van der Waals surface area (Å²) in [7, 11) is 0. The number of ether oxygens (including phenoxy) is 2. The van der Waals surface area contributed by atoms with E-state index in [9.17, 15) is 9.59 Å². The van der Waals surface area contributed by atoms with Crippen LogP contribution in [-0.4, -0.2) is 53.8 Å². The van der Waals surface area contributed by atoms with Crippen molar-refractivity contribution in [3.05, 3.63) is 65.0 Å². The lowest BCUT2D eigenvalue weighted by atomic mass is 10.0. The fraction of sp³-hybridized carbons (Fsp3) is 0.409. The molecule has 0 aliphatic carbocycles. The lowest BCUT2D eigenvalue weighted by molar-refractivity contribution is -0.181. The van der Waals surface area contributed by atoms with Crippen LogP contribution in [0.25, 0.3) is 0 Å². The van der Waals surface area contributed by atoms with Gasteiger partial charge in [0.25, 0.3) is 11.8 Å². The van der Waals surface area contributed by atoms with Gasteiger partial charge >= 0.3 is 0 Å². The molecule has 7 nitrogen and oxygen atoms in total. The van der Waals surface area contributed by atoms with Gasteiger partial charge in [0.1, 0.15) is 11.4 Å². The summed E-state index contributed by atoms with van der Waals surface area (Å²) in [6, 6.07) is 12.9. The molecule has 2 saturated heterocycles. The molecule has 0 saturated carbocycles. The van der Waals surface area contributed by atoms with E-state index >= 15 is 0 Å². The highest BCUT2D eigenvalue weighted by atomic mass is 16.7. The fourth-order valence-electron chi connectivity index (χ4n) is 3.66. The largest absolute Gasteiger partial charge is 0.347 e. The van der Waals surface area contributed by atoms with Crippen LogP contribution in [0.3, 0.4) is 0 Å². The summed E-state index contributed by atoms with van der Waals surface area (Å²) < 4.78 is 11.4. The molecule has 1 aromatic heterocycles. The second-order valence-electron chi connectivity index (χ2n) is 7.48. The molecule has 2 aliphatic rings. The van der Waals surface area contributed by atoms with E-state index < -0.39 is 5.79 Å².